The summed E-state index contributed by atoms with van der Waals surface area (Å²) in [6.45, 7) is 11.8. The first-order chi connectivity index (χ1) is 4.91. The highest BCUT2D eigenvalue weighted by molar-refractivity contribution is 4.84. The minimum absolute atomic E-state index is 0.486. The van der Waals surface area contributed by atoms with E-state index in [-0.39, 0.29) is 0 Å². The third-order valence-corrected chi connectivity index (χ3v) is 2.54. The average Bonchev–Trinajstić information content (AvgIpc) is 1.86. The predicted molar refractivity (Wildman–Crippen MR) is 49.7 cm³/mol. The fourth-order valence-corrected chi connectivity index (χ4v) is 2.30. The van der Waals surface area contributed by atoms with E-state index in [1.54, 1.807) is 0 Å². The molecule has 1 aliphatic rings. The lowest BCUT2D eigenvalue weighted by Crippen LogP contribution is -2.27. The first kappa shape index (κ1) is 9.05. The van der Waals surface area contributed by atoms with Crippen molar-refractivity contribution in [1.82, 2.24) is 5.32 Å². The molecule has 0 radical (unpaired) electrons. The number of hydrogen-bond acceptors (Lipinski definition) is 1. The maximum absolute atomic E-state index is 3.49. The van der Waals surface area contributed by atoms with Crippen LogP contribution in [0, 0.1) is 10.8 Å². The fourth-order valence-electron chi connectivity index (χ4n) is 2.30. The summed E-state index contributed by atoms with van der Waals surface area (Å²) in [7, 11) is 0. The maximum atomic E-state index is 3.49. The Morgan fingerprint density at radius 3 is 2.27 bits per heavy atom. The van der Waals surface area contributed by atoms with Gasteiger partial charge >= 0.3 is 0 Å². The van der Waals surface area contributed by atoms with E-state index >= 15 is 0 Å². The summed E-state index contributed by atoms with van der Waals surface area (Å²) in [6.07, 6.45) is 2.66. The highest BCUT2D eigenvalue weighted by Gasteiger charge is 2.30. The molecule has 11 heavy (non-hydrogen) atoms. The van der Waals surface area contributed by atoms with E-state index < -0.39 is 0 Å². The van der Waals surface area contributed by atoms with Crippen LogP contribution in [0.4, 0.5) is 0 Å². The van der Waals surface area contributed by atoms with Gasteiger partial charge in [-0.1, -0.05) is 27.7 Å². The first-order valence-electron chi connectivity index (χ1n) is 4.62. The van der Waals surface area contributed by atoms with E-state index in [4.69, 9.17) is 0 Å². The van der Waals surface area contributed by atoms with Crippen molar-refractivity contribution in [1.29, 1.82) is 0 Å². The number of hydrogen-bond donors (Lipinski definition) is 1. The van der Waals surface area contributed by atoms with E-state index in [0.717, 1.165) is 0 Å². The second-order valence-electron chi connectivity index (χ2n) is 5.43. The van der Waals surface area contributed by atoms with Gasteiger partial charge in [0.05, 0.1) is 0 Å². The molecule has 0 saturated carbocycles. The molecule has 0 bridgehead atoms. The smallest absolute Gasteiger partial charge is 0.000272 e. The molecule has 1 heterocycles. The standard InChI is InChI=1S/C10H21N/c1-9(2)5-6-11-8-10(3,4)7-9/h11H,5-8H2,1-4H3. The lowest BCUT2D eigenvalue weighted by molar-refractivity contribution is 0.213. The second-order valence-corrected chi connectivity index (χ2v) is 5.43. The number of rotatable bonds is 0. The van der Waals surface area contributed by atoms with Gasteiger partial charge in [0, 0.05) is 6.54 Å². The van der Waals surface area contributed by atoms with Gasteiger partial charge in [0.15, 0.2) is 0 Å². The molecule has 1 saturated heterocycles. The van der Waals surface area contributed by atoms with Gasteiger partial charge in [-0.05, 0) is 30.2 Å². The summed E-state index contributed by atoms with van der Waals surface area (Å²) >= 11 is 0. The minimum Gasteiger partial charge on any atom is -0.316 e. The van der Waals surface area contributed by atoms with Crippen molar-refractivity contribution in [3.05, 3.63) is 0 Å². The van der Waals surface area contributed by atoms with Crippen molar-refractivity contribution in [3.63, 3.8) is 0 Å². The summed E-state index contributed by atoms with van der Waals surface area (Å²) in [6, 6.07) is 0. The van der Waals surface area contributed by atoms with Crippen LogP contribution in [-0.2, 0) is 0 Å². The van der Waals surface area contributed by atoms with Crippen molar-refractivity contribution in [2.45, 2.75) is 40.5 Å². The van der Waals surface area contributed by atoms with Gasteiger partial charge in [-0.3, -0.25) is 0 Å². The predicted octanol–water partition coefficient (Wildman–Crippen LogP) is 2.42. The zero-order chi connectivity index (χ0) is 8.54. The van der Waals surface area contributed by atoms with Crippen LogP contribution in [0.2, 0.25) is 0 Å². The van der Waals surface area contributed by atoms with Crippen molar-refractivity contribution in [2.75, 3.05) is 13.1 Å². The van der Waals surface area contributed by atoms with Gasteiger partial charge in [0.2, 0.25) is 0 Å². The van der Waals surface area contributed by atoms with E-state index in [9.17, 15) is 0 Å². The molecular formula is C10H21N. The van der Waals surface area contributed by atoms with Gasteiger partial charge in [-0.25, -0.2) is 0 Å². The number of nitrogens with one attached hydrogen (secondary N) is 1. The highest BCUT2D eigenvalue weighted by Crippen LogP contribution is 2.37. The third-order valence-electron chi connectivity index (χ3n) is 2.54. The lowest BCUT2D eigenvalue weighted by Gasteiger charge is -2.31. The van der Waals surface area contributed by atoms with Crippen LogP contribution in [0.25, 0.3) is 0 Å². The fraction of sp³-hybridized carbons (Fsp3) is 1.00. The SMILES string of the molecule is CC1(C)CCNCC(C)(C)C1. The summed E-state index contributed by atoms with van der Waals surface area (Å²) in [5.74, 6) is 0. The minimum atomic E-state index is 0.486. The van der Waals surface area contributed by atoms with Crippen molar-refractivity contribution in [2.24, 2.45) is 10.8 Å². The lowest BCUT2D eigenvalue weighted by atomic mass is 9.75. The van der Waals surface area contributed by atoms with Crippen molar-refractivity contribution >= 4 is 0 Å². The molecule has 0 unspecified atom stereocenters. The van der Waals surface area contributed by atoms with Gasteiger partial charge in [-0.2, -0.15) is 0 Å². The van der Waals surface area contributed by atoms with Gasteiger partial charge in [0.25, 0.3) is 0 Å². The Hall–Kier alpha value is -0.0400. The highest BCUT2D eigenvalue weighted by atomic mass is 14.9. The molecule has 1 heteroatoms. The normalized spacial score (nSPS) is 29.5. The average molecular weight is 155 g/mol. The Kier molecular flexibility index (Phi) is 2.29. The Bertz CT molecular complexity index is 120. The van der Waals surface area contributed by atoms with Crippen LogP contribution >= 0.6 is 0 Å². The molecule has 1 fully saturated rings. The van der Waals surface area contributed by atoms with Crippen LogP contribution < -0.4 is 5.32 Å². The molecule has 1 aliphatic heterocycles. The zero-order valence-corrected chi connectivity index (χ0v) is 8.33. The monoisotopic (exact) mass is 155 g/mol. The molecule has 1 rings (SSSR count). The van der Waals surface area contributed by atoms with E-state index in [1.165, 1.54) is 25.9 Å². The molecule has 0 aromatic carbocycles. The van der Waals surface area contributed by atoms with Gasteiger partial charge < -0.3 is 5.32 Å². The van der Waals surface area contributed by atoms with E-state index in [0.29, 0.717) is 10.8 Å². The molecule has 0 amide bonds. The molecular weight excluding hydrogens is 134 g/mol. The quantitative estimate of drug-likeness (QED) is 0.566. The van der Waals surface area contributed by atoms with Crippen molar-refractivity contribution < 1.29 is 0 Å². The van der Waals surface area contributed by atoms with Crippen LogP contribution in [0.5, 0.6) is 0 Å². The van der Waals surface area contributed by atoms with Crippen LogP contribution in [-0.4, -0.2) is 13.1 Å². The Morgan fingerprint density at radius 2 is 1.64 bits per heavy atom. The van der Waals surface area contributed by atoms with Crippen LogP contribution in [0.3, 0.4) is 0 Å². The summed E-state index contributed by atoms with van der Waals surface area (Å²) < 4.78 is 0. The van der Waals surface area contributed by atoms with Crippen LogP contribution in [0.15, 0.2) is 0 Å². The molecule has 1 nitrogen and oxygen atoms in total. The van der Waals surface area contributed by atoms with E-state index in [1.807, 2.05) is 0 Å². The molecule has 0 spiro atoms. The topological polar surface area (TPSA) is 12.0 Å². The van der Waals surface area contributed by atoms with Crippen molar-refractivity contribution in [3.8, 4) is 0 Å². The Balaban J connectivity index is 2.62. The molecule has 0 aromatic heterocycles. The summed E-state index contributed by atoms with van der Waals surface area (Å²) in [4.78, 5) is 0. The first-order valence-corrected chi connectivity index (χ1v) is 4.62. The molecule has 1 N–H and O–H groups in total. The molecule has 0 aliphatic carbocycles. The Labute approximate surface area is 70.6 Å². The van der Waals surface area contributed by atoms with E-state index in [2.05, 4.69) is 33.0 Å². The van der Waals surface area contributed by atoms with Gasteiger partial charge in [0.1, 0.15) is 0 Å². The zero-order valence-electron chi connectivity index (χ0n) is 8.33. The van der Waals surface area contributed by atoms with Crippen LogP contribution in [0.1, 0.15) is 40.5 Å². The second kappa shape index (κ2) is 2.78. The third kappa shape index (κ3) is 2.82. The Morgan fingerprint density at radius 1 is 1.00 bits per heavy atom. The van der Waals surface area contributed by atoms with Gasteiger partial charge in [-0.15, -0.1) is 0 Å². The molecule has 0 atom stereocenters. The largest absolute Gasteiger partial charge is 0.316 e. The molecule has 0 aromatic rings. The summed E-state index contributed by atoms with van der Waals surface area (Å²) in [5.41, 5.74) is 1.02. The maximum Gasteiger partial charge on any atom is 0.000272 e. The molecule has 66 valence electrons. The summed E-state index contributed by atoms with van der Waals surface area (Å²) in [5, 5.41) is 3.49.